The van der Waals surface area contributed by atoms with Gasteiger partial charge in [0.2, 0.25) is 5.91 Å². The number of hydrogen-bond donors (Lipinski definition) is 1. The average Bonchev–Trinajstić information content (AvgIpc) is 2.58. The predicted octanol–water partition coefficient (Wildman–Crippen LogP) is 3.94. The monoisotopic (exact) mass is 423 g/mol. The number of benzene rings is 1. The van der Waals surface area contributed by atoms with Crippen molar-refractivity contribution in [2.45, 2.75) is 63.2 Å². The molecule has 1 N–H and O–H groups in total. The summed E-state index contributed by atoms with van der Waals surface area (Å²) in [6.45, 7) is 0.353. The standard InChI is InChI=1S/C18H24ClF2NO4S/c1-11-3-6-15(7-4-11)22-17(23)12(2)27(24,25)10-13-9-14(19)5-8-16(13)26-18(20)21/h5,8-9,11-12,15,18H,3-4,6-7,10H2,1-2H3,(H,22,23)/t11?,12-,15?/m0/s1. The lowest BCUT2D eigenvalue weighted by Gasteiger charge is -2.28. The molecule has 0 bridgehead atoms. The summed E-state index contributed by atoms with van der Waals surface area (Å²) in [5.41, 5.74) is -0.00561. The van der Waals surface area contributed by atoms with Crippen molar-refractivity contribution in [1.82, 2.24) is 5.32 Å². The maximum Gasteiger partial charge on any atom is 0.387 e. The van der Waals surface area contributed by atoms with Gasteiger partial charge in [-0.2, -0.15) is 8.78 Å². The van der Waals surface area contributed by atoms with E-state index in [1.54, 1.807) is 0 Å². The first-order chi connectivity index (χ1) is 12.6. The first-order valence-corrected chi connectivity index (χ1v) is 10.9. The van der Waals surface area contributed by atoms with Crippen molar-refractivity contribution in [3.8, 4) is 5.75 Å². The van der Waals surface area contributed by atoms with Crippen LogP contribution < -0.4 is 10.1 Å². The summed E-state index contributed by atoms with van der Waals surface area (Å²) in [4.78, 5) is 12.4. The zero-order valence-electron chi connectivity index (χ0n) is 15.3. The van der Waals surface area contributed by atoms with Crippen LogP contribution in [-0.4, -0.2) is 32.2 Å². The van der Waals surface area contributed by atoms with E-state index in [0.29, 0.717) is 5.92 Å². The van der Waals surface area contributed by atoms with Gasteiger partial charge < -0.3 is 10.1 Å². The minimum absolute atomic E-state index is 0.00561. The molecule has 1 aromatic carbocycles. The van der Waals surface area contributed by atoms with Crippen LogP contribution in [0, 0.1) is 5.92 Å². The molecule has 1 atom stereocenters. The topological polar surface area (TPSA) is 72.5 Å². The molecule has 0 heterocycles. The van der Waals surface area contributed by atoms with Gasteiger partial charge in [-0.05, 0) is 56.7 Å². The highest BCUT2D eigenvalue weighted by molar-refractivity contribution is 7.92. The van der Waals surface area contributed by atoms with Crippen molar-refractivity contribution in [3.05, 3.63) is 28.8 Å². The van der Waals surface area contributed by atoms with Gasteiger partial charge in [0.25, 0.3) is 0 Å². The van der Waals surface area contributed by atoms with Gasteiger partial charge in [0.15, 0.2) is 9.84 Å². The molecule has 9 heteroatoms. The first kappa shape index (κ1) is 21.9. The van der Waals surface area contributed by atoms with Crippen LogP contribution in [0.3, 0.4) is 0 Å². The van der Waals surface area contributed by atoms with Crippen LogP contribution in [0.25, 0.3) is 0 Å². The summed E-state index contributed by atoms with van der Waals surface area (Å²) < 4.78 is 54.7. The van der Waals surface area contributed by atoms with Gasteiger partial charge in [-0.1, -0.05) is 18.5 Å². The predicted molar refractivity (Wildman–Crippen MR) is 99.7 cm³/mol. The molecule has 5 nitrogen and oxygen atoms in total. The number of carbonyl (C=O) groups excluding carboxylic acids is 1. The van der Waals surface area contributed by atoms with Crippen molar-refractivity contribution in [2.24, 2.45) is 5.92 Å². The maximum absolute atomic E-state index is 12.6. The Labute approximate surface area is 163 Å². The Morgan fingerprint density at radius 1 is 1.30 bits per heavy atom. The third kappa shape index (κ3) is 6.31. The van der Waals surface area contributed by atoms with Gasteiger partial charge in [0, 0.05) is 16.6 Å². The third-order valence-corrected chi connectivity index (χ3v) is 7.11. The molecule has 0 spiro atoms. The van der Waals surface area contributed by atoms with E-state index in [4.69, 9.17) is 11.6 Å². The molecular weight excluding hydrogens is 400 g/mol. The first-order valence-electron chi connectivity index (χ1n) is 8.83. The van der Waals surface area contributed by atoms with E-state index in [1.165, 1.54) is 25.1 Å². The molecule has 0 radical (unpaired) electrons. The largest absolute Gasteiger partial charge is 0.435 e. The molecule has 0 unspecified atom stereocenters. The summed E-state index contributed by atoms with van der Waals surface area (Å²) >= 11 is 5.85. The number of ether oxygens (including phenoxy) is 1. The van der Waals surface area contributed by atoms with Crippen LogP contribution in [0.2, 0.25) is 5.02 Å². The number of halogens is 3. The number of nitrogens with one attached hydrogen (secondary N) is 1. The summed E-state index contributed by atoms with van der Waals surface area (Å²) in [5, 5.41) is 1.67. The van der Waals surface area contributed by atoms with Gasteiger partial charge in [0.05, 0.1) is 5.75 Å². The highest BCUT2D eigenvalue weighted by Crippen LogP contribution is 2.28. The van der Waals surface area contributed by atoms with E-state index in [0.717, 1.165) is 25.7 Å². The van der Waals surface area contributed by atoms with Crippen molar-refractivity contribution in [1.29, 1.82) is 0 Å². The van der Waals surface area contributed by atoms with E-state index in [9.17, 15) is 22.0 Å². The molecule has 0 aromatic heterocycles. The number of sulfone groups is 1. The Hall–Kier alpha value is -1.41. The molecule has 1 saturated carbocycles. The minimum Gasteiger partial charge on any atom is -0.435 e. The van der Waals surface area contributed by atoms with Gasteiger partial charge >= 0.3 is 6.61 Å². The van der Waals surface area contributed by atoms with E-state index < -0.39 is 33.4 Å². The SMILES string of the molecule is CC1CCC(NC(=O)[C@H](C)S(=O)(=O)Cc2cc(Cl)ccc2OC(F)F)CC1. The average molecular weight is 424 g/mol. The lowest BCUT2D eigenvalue weighted by Crippen LogP contribution is -2.44. The smallest absolute Gasteiger partial charge is 0.387 e. The quantitative estimate of drug-likeness (QED) is 0.721. The van der Waals surface area contributed by atoms with Gasteiger partial charge in [-0.25, -0.2) is 8.42 Å². The zero-order valence-corrected chi connectivity index (χ0v) is 16.8. The highest BCUT2D eigenvalue weighted by atomic mass is 35.5. The van der Waals surface area contributed by atoms with Crippen LogP contribution in [0.5, 0.6) is 5.75 Å². The summed E-state index contributed by atoms with van der Waals surface area (Å²) in [6.07, 6.45) is 3.62. The molecule has 1 amide bonds. The normalized spacial score (nSPS) is 21.7. The van der Waals surface area contributed by atoms with Crippen LogP contribution in [0.1, 0.15) is 45.1 Å². The summed E-state index contributed by atoms with van der Waals surface area (Å²) in [7, 11) is -3.94. The third-order valence-electron chi connectivity index (χ3n) is 4.87. The lowest BCUT2D eigenvalue weighted by molar-refractivity contribution is -0.121. The van der Waals surface area contributed by atoms with Gasteiger partial charge in [-0.3, -0.25) is 4.79 Å². The van der Waals surface area contributed by atoms with E-state index in [2.05, 4.69) is 17.0 Å². The highest BCUT2D eigenvalue weighted by Gasteiger charge is 2.31. The van der Waals surface area contributed by atoms with E-state index in [-0.39, 0.29) is 22.4 Å². The number of hydrogen-bond acceptors (Lipinski definition) is 4. The fourth-order valence-corrected chi connectivity index (χ4v) is 4.60. The number of amides is 1. The Kier molecular flexibility index (Phi) is 7.45. The molecule has 2 rings (SSSR count). The maximum atomic E-state index is 12.6. The summed E-state index contributed by atoms with van der Waals surface area (Å²) in [5.74, 6) is -0.860. The molecule has 1 aromatic rings. The molecule has 1 aliphatic rings. The molecule has 27 heavy (non-hydrogen) atoms. The number of alkyl halides is 2. The van der Waals surface area contributed by atoms with Crippen LogP contribution in [0.15, 0.2) is 18.2 Å². The molecule has 1 fully saturated rings. The fourth-order valence-electron chi connectivity index (χ4n) is 3.10. The van der Waals surface area contributed by atoms with Crippen LogP contribution in [-0.2, 0) is 20.4 Å². The zero-order chi connectivity index (χ0) is 20.2. The molecule has 0 saturated heterocycles. The number of carbonyl (C=O) groups is 1. The van der Waals surface area contributed by atoms with E-state index in [1.807, 2.05) is 0 Å². The van der Waals surface area contributed by atoms with Gasteiger partial charge in [0.1, 0.15) is 11.0 Å². The second-order valence-corrected chi connectivity index (χ2v) is 9.80. The van der Waals surface area contributed by atoms with Crippen LogP contribution >= 0.6 is 11.6 Å². The van der Waals surface area contributed by atoms with Gasteiger partial charge in [-0.15, -0.1) is 0 Å². The Balaban J connectivity index is 2.09. The van der Waals surface area contributed by atoms with E-state index >= 15 is 0 Å². The second-order valence-electron chi connectivity index (χ2n) is 7.05. The Morgan fingerprint density at radius 2 is 1.93 bits per heavy atom. The molecular formula is C18H24ClF2NO4S. The Morgan fingerprint density at radius 3 is 2.52 bits per heavy atom. The van der Waals surface area contributed by atoms with Crippen molar-refractivity contribution in [3.63, 3.8) is 0 Å². The Bertz CT molecular complexity index is 765. The van der Waals surface area contributed by atoms with Crippen molar-refractivity contribution in [2.75, 3.05) is 0 Å². The van der Waals surface area contributed by atoms with Crippen molar-refractivity contribution < 1.29 is 26.7 Å². The van der Waals surface area contributed by atoms with Crippen molar-refractivity contribution >= 4 is 27.3 Å². The molecule has 152 valence electrons. The summed E-state index contributed by atoms with van der Waals surface area (Å²) in [6, 6.07) is 3.74. The lowest BCUT2D eigenvalue weighted by atomic mass is 9.87. The minimum atomic E-state index is -3.94. The fraction of sp³-hybridized carbons (Fsp3) is 0.611. The van der Waals surface area contributed by atoms with Crippen LogP contribution in [0.4, 0.5) is 8.78 Å². The molecule has 0 aliphatic heterocycles. The number of rotatable bonds is 7. The second kappa shape index (κ2) is 9.19. The molecule has 1 aliphatic carbocycles.